The van der Waals surface area contributed by atoms with Crippen LogP contribution in [0, 0.1) is 0 Å². The summed E-state index contributed by atoms with van der Waals surface area (Å²) in [5, 5.41) is 5.44. The molecule has 0 saturated carbocycles. The number of ether oxygens (including phenoxy) is 1. The predicted octanol–water partition coefficient (Wildman–Crippen LogP) is 6.06. The minimum absolute atomic E-state index is 0.112. The van der Waals surface area contributed by atoms with Gasteiger partial charge in [-0.25, -0.2) is 9.69 Å². The van der Waals surface area contributed by atoms with Crippen molar-refractivity contribution in [2.75, 3.05) is 15.5 Å². The van der Waals surface area contributed by atoms with Gasteiger partial charge in [-0.05, 0) is 79.9 Å². The van der Waals surface area contributed by atoms with E-state index in [1.54, 1.807) is 44.2 Å². The largest absolute Gasteiger partial charge is 0.459 e. The van der Waals surface area contributed by atoms with Crippen LogP contribution in [0.1, 0.15) is 59.9 Å². The molecule has 1 heterocycles. The zero-order valence-electron chi connectivity index (χ0n) is 21.9. The number of halogens is 1. The van der Waals surface area contributed by atoms with Crippen LogP contribution in [0.4, 0.5) is 17.1 Å². The van der Waals surface area contributed by atoms with Crippen LogP contribution in [-0.2, 0) is 14.3 Å². The Hall–Kier alpha value is -4.43. The van der Waals surface area contributed by atoms with Crippen LogP contribution in [-0.4, -0.2) is 29.8 Å². The average molecular weight is 546 g/mol. The quantitative estimate of drug-likeness (QED) is 0.263. The third kappa shape index (κ3) is 6.18. The molecule has 0 aromatic heterocycles. The standard InChI is InChI=1S/C30H28ClN3O5/c1-17(2)19-8-12-23(13-9-19)33-27(35)20-10-14-22(15-11-20)32-26-25(31)28(36)34(29(26)37)24-7-5-6-21(16-24)30(38)39-18(3)4/h5-18,32H,1-4H3,(H,33,35). The summed E-state index contributed by atoms with van der Waals surface area (Å²) < 4.78 is 5.20. The van der Waals surface area contributed by atoms with Crippen LogP contribution in [0.5, 0.6) is 0 Å². The van der Waals surface area contributed by atoms with Crippen molar-refractivity contribution in [3.05, 3.63) is 100 Å². The second-order valence-electron chi connectivity index (χ2n) is 9.57. The van der Waals surface area contributed by atoms with Crippen molar-refractivity contribution in [3.63, 3.8) is 0 Å². The Morgan fingerprint density at radius 2 is 1.46 bits per heavy atom. The Balaban J connectivity index is 1.45. The molecule has 0 aliphatic carbocycles. The molecule has 9 heteroatoms. The topological polar surface area (TPSA) is 105 Å². The predicted molar refractivity (Wildman–Crippen MR) is 151 cm³/mol. The first-order chi connectivity index (χ1) is 18.5. The molecule has 3 amide bonds. The molecule has 4 rings (SSSR count). The number of nitrogens with one attached hydrogen (secondary N) is 2. The van der Waals surface area contributed by atoms with E-state index in [9.17, 15) is 19.2 Å². The van der Waals surface area contributed by atoms with Gasteiger partial charge in [0.05, 0.1) is 17.4 Å². The second-order valence-corrected chi connectivity index (χ2v) is 9.95. The summed E-state index contributed by atoms with van der Waals surface area (Å²) in [4.78, 5) is 51.9. The van der Waals surface area contributed by atoms with Gasteiger partial charge in [0.15, 0.2) is 0 Å². The molecule has 0 spiro atoms. The average Bonchev–Trinajstić information content (AvgIpc) is 3.12. The number of imide groups is 1. The second kappa shape index (κ2) is 11.5. The summed E-state index contributed by atoms with van der Waals surface area (Å²) in [6.45, 7) is 7.65. The van der Waals surface area contributed by atoms with Crippen LogP contribution in [0.15, 0.2) is 83.5 Å². The van der Waals surface area contributed by atoms with Crippen LogP contribution in [0.2, 0.25) is 0 Å². The molecule has 8 nitrogen and oxygen atoms in total. The molecule has 0 bridgehead atoms. The van der Waals surface area contributed by atoms with E-state index >= 15 is 0 Å². The fourth-order valence-corrected chi connectivity index (χ4v) is 4.12. The molecule has 1 aliphatic heterocycles. The Bertz CT molecular complexity index is 1460. The molecule has 0 fully saturated rings. The van der Waals surface area contributed by atoms with Crippen LogP contribution >= 0.6 is 11.6 Å². The highest BCUT2D eigenvalue weighted by atomic mass is 35.5. The minimum Gasteiger partial charge on any atom is -0.459 e. The van der Waals surface area contributed by atoms with Crippen LogP contribution in [0.3, 0.4) is 0 Å². The first-order valence-corrected chi connectivity index (χ1v) is 12.8. The zero-order valence-corrected chi connectivity index (χ0v) is 22.7. The smallest absolute Gasteiger partial charge is 0.338 e. The molecule has 3 aromatic rings. The molecule has 0 atom stereocenters. The summed E-state index contributed by atoms with van der Waals surface area (Å²) in [7, 11) is 0. The van der Waals surface area contributed by atoms with E-state index in [1.165, 1.54) is 23.8 Å². The minimum atomic E-state index is -0.724. The number of hydrogen-bond acceptors (Lipinski definition) is 6. The molecule has 200 valence electrons. The van der Waals surface area contributed by atoms with E-state index in [0.717, 1.165) is 4.90 Å². The monoisotopic (exact) mass is 545 g/mol. The number of anilines is 3. The van der Waals surface area contributed by atoms with Crippen molar-refractivity contribution in [2.45, 2.75) is 39.7 Å². The number of carbonyl (C=O) groups is 4. The van der Waals surface area contributed by atoms with E-state index in [1.807, 2.05) is 24.3 Å². The number of amides is 3. The summed E-state index contributed by atoms with van der Waals surface area (Å²) in [6, 6.07) is 20.1. The van der Waals surface area contributed by atoms with Crippen molar-refractivity contribution >= 4 is 52.4 Å². The van der Waals surface area contributed by atoms with Crippen LogP contribution in [0.25, 0.3) is 0 Å². The lowest BCUT2D eigenvalue weighted by Gasteiger charge is -2.16. The Kier molecular flexibility index (Phi) is 8.16. The third-order valence-electron chi connectivity index (χ3n) is 5.96. The normalized spacial score (nSPS) is 13.4. The van der Waals surface area contributed by atoms with Gasteiger partial charge < -0.3 is 15.4 Å². The Morgan fingerprint density at radius 3 is 2.08 bits per heavy atom. The van der Waals surface area contributed by atoms with E-state index < -0.39 is 17.8 Å². The summed E-state index contributed by atoms with van der Waals surface area (Å²) in [5.74, 6) is -1.86. The van der Waals surface area contributed by atoms with Crippen molar-refractivity contribution in [3.8, 4) is 0 Å². The number of hydrogen-bond donors (Lipinski definition) is 2. The molecular weight excluding hydrogens is 518 g/mol. The SMILES string of the molecule is CC(C)OC(=O)c1cccc(N2C(=O)C(Cl)=C(Nc3ccc(C(=O)Nc4ccc(C(C)C)cc4)cc3)C2=O)c1. The lowest BCUT2D eigenvalue weighted by molar-refractivity contribution is -0.120. The highest BCUT2D eigenvalue weighted by Gasteiger charge is 2.39. The Morgan fingerprint density at radius 1 is 0.821 bits per heavy atom. The van der Waals surface area contributed by atoms with Gasteiger partial charge in [-0.3, -0.25) is 14.4 Å². The first kappa shape index (κ1) is 27.6. The van der Waals surface area contributed by atoms with Gasteiger partial charge in [0, 0.05) is 16.9 Å². The molecule has 3 aromatic carbocycles. The summed E-state index contributed by atoms with van der Waals surface area (Å²) in [5.41, 5.74) is 3.00. The fraction of sp³-hybridized carbons (Fsp3) is 0.200. The van der Waals surface area contributed by atoms with Crippen molar-refractivity contribution < 1.29 is 23.9 Å². The van der Waals surface area contributed by atoms with E-state index in [-0.39, 0.29) is 34.0 Å². The number of nitrogens with zero attached hydrogens (tertiary/aromatic N) is 1. The highest BCUT2D eigenvalue weighted by molar-refractivity contribution is 6.53. The Labute approximate surface area is 231 Å². The maximum Gasteiger partial charge on any atom is 0.338 e. The van der Waals surface area contributed by atoms with Gasteiger partial charge in [-0.1, -0.05) is 43.6 Å². The van der Waals surface area contributed by atoms with E-state index in [2.05, 4.69) is 24.5 Å². The van der Waals surface area contributed by atoms with Gasteiger partial charge in [-0.15, -0.1) is 0 Å². The molecule has 39 heavy (non-hydrogen) atoms. The first-order valence-electron chi connectivity index (χ1n) is 12.4. The molecule has 0 radical (unpaired) electrons. The van der Waals surface area contributed by atoms with Gasteiger partial charge in [0.2, 0.25) is 0 Å². The molecule has 0 saturated heterocycles. The summed E-state index contributed by atoms with van der Waals surface area (Å²) in [6.07, 6.45) is -0.322. The molecule has 2 N–H and O–H groups in total. The van der Waals surface area contributed by atoms with Gasteiger partial charge in [0.1, 0.15) is 10.7 Å². The third-order valence-corrected chi connectivity index (χ3v) is 6.31. The number of rotatable bonds is 8. The van der Waals surface area contributed by atoms with Crippen molar-refractivity contribution in [2.24, 2.45) is 0 Å². The molecule has 0 unspecified atom stereocenters. The van der Waals surface area contributed by atoms with Gasteiger partial charge >= 0.3 is 5.97 Å². The van der Waals surface area contributed by atoms with E-state index in [0.29, 0.717) is 22.9 Å². The maximum atomic E-state index is 13.2. The van der Waals surface area contributed by atoms with Crippen molar-refractivity contribution in [1.82, 2.24) is 0 Å². The van der Waals surface area contributed by atoms with Gasteiger partial charge in [-0.2, -0.15) is 0 Å². The highest BCUT2D eigenvalue weighted by Crippen LogP contribution is 2.31. The van der Waals surface area contributed by atoms with E-state index in [4.69, 9.17) is 16.3 Å². The molecule has 1 aliphatic rings. The lowest BCUT2D eigenvalue weighted by Crippen LogP contribution is -2.32. The molecular formula is C30H28ClN3O5. The van der Waals surface area contributed by atoms with Gasteiger partial charge in [0.25, 0.3) is 17.7 Å². The number of esters is 1. The lowest BCUT2D eigenvalue weighted by atomic mass is 10.0. The fourth-order valence-electron chi connectivity index (χ4n) is 3.90. The summed E-state index contributed by atoms with van der Waals surface area (Å²) >= 11 is 6.24. The van der Waals surface area contributed by atoms with Crippen molar-refractivity contribution in [1.29, 1.82) is 0 Å². The number of benzene rings is 3. The zero-order chi connectivity index (χ0) is 28.3. The number of carbonyl (C=O) groups excluding carboxylic acids is 4. The maximum absolute atomic E-state index is 13.2. The van der Waals surface area contributed by atoms with Crippen LogP contribution < -0.4 is 15.5 Å².